The summed E-state index contributed by atoms with van der Waals surface area (Å²) in [5.74, 6) is 1.27. The second-order valence-electron chi connectivity index (χ2n) is 11.8. The largest absolute Gasteiger partial charge is 0.487 e. The predicted molar refractivity (Wildman–Crippen MR) is 146 cm³/mol. The van der Waals surface area contributed by atoms with Crippen LogP contribution in [-0.4, -0.2) is 11.6 Å². The number of carbonyl (C=O) groups excluding carboxylic acids is 2. The van der Waals surface area contributed by atoms with Gasteiger partial charge in [0.1, 0.15) is 29.7 Å². The molecule has 0 aromatic heterocycles. The van der Waals surface area contributed by atoms with E-state index in [1.807, 2.05) is 12.1 Å². The summed E-state index contributed by atoms with van der Waals surface area (Å²) < 4.78 is 27.1. The Balaban J connectivity index is 1.56. The first-order valence-corrected chi connectivity index (χ1v) is 14.0. The van der Waals surface area contributed by atoms with Gasteiger partial charge in [-0.2, -0.15) is 0 Å². The van der Waals surface area contributed by atoms with Gasteiger partial charge in [-0.3, -0.25) is 9.59 Å². The van der Waals surface area contributed by atoms with Crippen molar-refractivity contribution in [3.63, 3.8) is 0 Å². The number of halogens is 3. The monoisotopic (exact) mass is 630 g/mol. The highest BCUT2D eigenvalue weighted by atomic mass is 79.9. The van der Waals surface area contributed by atoms with Crippen LogP contribution >= 0.6 is 31.9 Å². The van der Waals surface area contributed by atoms with Gasteiger partial charge in [0.05, 0.1) is 8.95 Å². The molecule has 0 saturated carbocycles. The van der Waals surface area contributed by atoms with Gasteiger partial charge in [0, 0.05) is 42.7 Å². The summed E-state index contributed by atoms with van der Waals surface area (Å²) in [5.41, 5.74) is 2.47. The zero-order valence-corrected chi connectivity index (χ0v) is 24.5. The lowest BCUT2D eigenvalue weighted by Gasteiger charge is -2.42. The second-order valence-corrected chi connectivity index (χ2v) is 13.5. The Morgan fingerprint density at radius 2 is 1.35 bits per heavy atom. The van der Waals surface area contributed by atoms with Gasteiger partial charge < -0.3 is 9.47 Å². The number of hydrogen-bond acceptors (Lipinski definition) is 4. The maximum Gasteiger partial charge on any atom is 0.163 e. The molecule has 0 spiro atoms. The molecule has 2 aliphatic carbocycles. The minimum absolute atomic E-state index is 0.0318. The third-order valence-electron chi connectivity index (χ3n) is 7.23. The Morgan fingerprint density at radius 1 is 0.865 bits per heavy atom. The molecule has 194 valence electrons. The Kier molecular flexibility index (Phi) is 6.76. The number of hydrogen-bond donors (Lipinski definition) is 0. The van der Waals surface area contributed by atoms with E-state index >= 15 is 0 Å². The fourth-order valence-electron chi connectivity index (χ4n) is 5.63. The van der Waals surface area contributed by atoms with E-state index in [4.69, 9.17) is 9.47 Å². The lowest BCUT2D eigenvalue weighted by Crippen LogP contribution is -2.37. The Hall–Kier alpha value is -2.25. The number of benzene rings is 2. The molecule has 37 heavy (non-hydrogen) atoms. The van der Waals surface area contributed by atoms with Crippen molar-refractivity contribution in [3.8, 4) is 5.75 Å². The van der Waals surface area contributed by atoms with Crippen molar-refractivity contribution >= 4 is 43.4 Å². The summed E-state index contributed by atoms with van der Waals surface area (Å²) in [6.45, 7) is 8.57. The van der Waals surface area contributed by atoms with E-state index in [2.05, 4.69) is 59.6 Å². The van der Waals surface area contributed by atoms with Gasteiger partial charge >= 0.3 is 0 Å². The number of ether oxygens (including phenoxy) is 2. The molecule has 0 N–H and O–H groups in total. The molecule has 0 bridgehead atoms. The summed E-state index contributed by atoms with van der Waals surface area (Å²) in [5, 5.41) is 0. The van der Waals surface area contributed by atoms with Crippen molar-refractivity contribution in [1.29, 1.82) is 0 Å². The lowest BCUT2D eigenvalue weighted by molar-refractivity contribution is -0.120. The maximum absolute atomic E-state index is 13.5. The SMILES string of the molecule is CC1(C)CC(=O)C2=C(C1)OC1=C(C(=O)CC(C)(C)C1)C2c1cc(Br)c(OCc2ccc(F)cc2)c(Br)c1. The molecular weight excluding hydrogens is 603 g/mol. The first-order valence-electron chi connectivity index (χ1n) is 12.4. The van der Waals surface area contributed by atoms with Crippen LogP contribution in [0.3, 0.4) is 0 Å². The van der Waals surface area contributed by atoms with Gasteiger partial charge in [-0.1, -0.05) is 39.8 Å². The van der Waals surface area contributed by atoms with Gasteiger partial charge in [-0.05, 0) is 78.1 Å². The van der Waals surface area contributed by atoms with Gasteiger partial charge in [-0.25, -0.2) is 4.39 Å². The number of allylic oxidation sites excluding steroid dienone is 4. The van der Waals surface area contributed by atoms with Crippen LogP contribution in [0.15, 0.2) is 68.0 Å². The van der Waals surface area contributed by atoms with Crippen LogP contribution in [0.1, 0.15) is 70.4 Å². The Morgan fingerprint density at radius 3 is 1.84 bits per heavy atom. The van der Waals surface area contributed by atoms with Gasteiger partial charge in [0.2, 0.25) is 0 Å². The van der Waals surface area contributed by atoms with Crippen molar-refractivity contribution in [2.24, 2.45) is 10.8 Å². The molecule has 0 radical (unpaired) electrons. The van der Waals surface area contributed by atoms with Crippen LogP contribution in [0.2, 0.25) is 0 Å². The highest BCUT2D eigenvalue weighted by Crippen LogP contribution is 2.54. The summed E-state index contributed by atoms with van der Waals surface area (Å²) in [7, 11) is 0. The number of rotatable bonds is 4. The van der Waals surface area contributed by atoms with E-state index in [9.17, 15) is 14.0 Å². The van der Waals surface area contributed by atoms with Crippen molar-refractivity contribution in [2.45, 2.75) is 65.9 Å². The first kappa shape index (κ1) is 26.4. The third-order valence-corrected chi connectivity index (χ3v) is 8.41. The standard InChI is InChI=1S/C30H29Br2FO4/c1-29(2)11-21(34)26-23(13-29)37-24-14-30(3,4)12-22(35)27(24)25(26)17-9-19(31)28(20(32)10-17)36-15-16-5-7-18(33)8-6-16/h5-10,25H,11-15H2,1-4H3. The highest BCUT2D eigenvalue weighted by molar-refractivity contribution is 9.11. The van der Waals surface area contributed by atoms with E-state index in [1.54, 1.807) is 12.1 Å². The van der Waals surface area contributed by atoms with Crippen LogP contribution in [0.5, 0.6) is 5.75 Å². The molecule has 0 unspecified atom stereocenters. The van der Waals surface area contributed by atoms with Gasteiger partial charge in [0.15, 0.2) is 11.6 Å². The van der Waals surface area contributed by atoms with Crippen LogP contribution < -0.4 is 4.74 Å². The number of Topliss-reactive ketones (excluding diaryl/α,β-unsaturated/α-hetero) is 2. The smallest absolute Gasteiger partial charge is 0.163 e. The van der Waals surface area contributed by atoms with Crippen LogP contribution in [0.25, 0.3) is 0 Å². The molecule has 0 fully saturated rings. The van der Waals surface area contributed by atoms with Gasteiger partial charge in [-0.15, -0.1) is 0 Å². The van der Waals surface area contributed by atoms with Gasteiger partial charge in [0.25, 0.3) is 0 Å². The van der Waals surface area contributed by atoms with Crippen molar-refractivity contribution in [1.82, 2.24) is 0 Å². The third kappa shape index (κ3) is 5.22. The minimum atomic E-state index is -0.482. The molecule has 4 nitrogen and oxygen atoms in total. The Labute approximate surface area is 233 Å². The fraction of sp³-hybridized carbons (Fsp3) is 0.400. The highest BCUT2D eigenvalue weighted by Gasteiger charge is 2.48. The van der Waals surface area contributed by atoms with E-state index in [1.165, 1.54) is 12.1 Å². The molecule has 3 aliphatic rings. The zero-order valence-electron chi connectivity index (χ0n) is 21.3. The molecular formula is C30H29Br2FO4. The molecule has 0 amide bonds. The summed E-state index contributed by atoms with van der Waals surface area (Å²) >= 11 is 7.29. The number of ketones is 2. The summed E-state index contributed by atoms with van der Waals surface area (Å²) in [6.07, 6.45) is 2.12. The molecule has 0 saturated heterocycles. The normalized spacial score (nSPS) is 20.9. The average Bonchev–Trinajstić information content (AvgIpc) is 2.76. The molecule has 0 atom stereocenters. The topological polar surface area (TPSA) is 52.6 Å². The molecule has 5 rings (SSSR count). The van der Waals surface area contributed by atoms with E-state index in [0.717, 1.165) is 11.1 Å². The first-order chi connectivity index (χ1) is 17.3. The van der Waals surface area contributed by atoms with Crippen LogP contribution in [0, 0.1) is 16.6 Å². The van der Waals surface area contributed by atoms with E-state index in [-0.39, 0.29) is 34.8 Å². The second kappa shape index (κ2) is 9.49. The fourth-order valence-corrected chi connectivity index (χ4v) is 7.08. The molecule has 2 aromatic rings. The average molecular weight is 632 g/mol. The molecule has 2 aromatic carbocycles. The molecule has 7 heteroatoms. The van der Waals surface area contributed by atoms with E-state index in [0.29, 0.717) is 63.0 Å². The Bertz CT molecular complexity index is 1290. The lowest BCUT2D eigenvalue weighted by atomic mass is 9.65. The predicted octanol–water partition coefficient (Wildman–Crippen LogP) is 8.33. The number of carbonyl (C=O) groups is 2. The van der Waals surface area contributed by atoms with Crippen molar-refractivity contribution in [2.75, 3.05) is 0 Å². The summed E-state index contributed by atoms with van der Waals surface area (Å²) in [4.78, 5) is 27.0. The molecule has 1 heterocycles. The van der Waals surface area contributed by atoms with Crippen molar-refractivity contribution in [3.05, 3.63) is 85.0 Å². The molecule has 1 aliphatic heterocycles. The summed E-state index contributed by atoms with van der Waals surface area (Å²) in [6, 6.07) is 10.0. The zero-order chi connectivity index (χ0) is 26.7. The van der Waals surface area contributed by atoms with Crippen LogP contribution in [-0.2, 0) is 20.9 Å². The maximum atomic E-state index is 13.5. The minimum Gasteiger partial charge on any atom is -0.487 e. The van der Waals surface area contributed by atoms with Crippen molar-refractivity contribution < 1.29 is 23.5 Å². The van der Waals surface area contributed by atoms with Crippen LogP contribution in [0.4, 0.5) is 4.39 Å². The van der Waals surface area contributed by atoms with E-state index < -0.39 is 5.92 Å². The quantitative estimate of drug-likeness (QED) is 0.340.